The second kappa shape index (κ2) is 6.93. The first-order valence-electron chi connectivity index (χ1n) is 9.08. The van der Waals surface area contributed by atoms with Crippen LogP contribution in [0.1, 0.15) is 35.1 Å². The average molecular weight is 390 g/mol. The van der Waals surface area contributed by atoms with Crippen LogP contribution in [0.15, 0.2) is 59.6 Å². The normalized spacial score (nSPS) is 13.4. The molecule has 1 amide bonds. The van der Waals surface area contributed by atoms with Crippen LogP contribution in [0, 0.1) is 5.82 Å². The van der Waals surface area contributed by atoms with Crippen LogP contribution in [0.5, 0.6) is 0 Å². The highest BCUT2D eigenvalue weighted by atomic mass is 19.1. The summed E-state index contributed by atoms with van der Waals surface area (Å²) in [6.45, 7) is 0. The molecule has 144 valence electrons. The average Bonchev–Trinajstić information content (AvgIpc) is 3.27. The molecule has 9 heteroatoms. The minimum atomic E-state index is -0.528. The van der Waals surface area contributed by atoms with E-state index < -0.39 is 11.7 Å². The van der Waals surface area contributed by atoms with E-state index in [2.05, 4.69) is 25.4 Å². The number of benzene rings is 1. The SMILES string of the molecule is O=C(Nc1ccccc1F)c1cn(-c2ncccc2-c2nc(C3CC3)no2)cn1. The fourth-order valence-corrected chi connectivity index (χ4v) is 2.93. The Labute approximate surface area is 164 Å². The predicted molar refractivity (Wildman–Crippen MR) is 101 cm³/mol. The van der Waals surface area contributed by atoms with E-state index in [1.807, 2.05) is 6.07 Å². The number of hydrogen-bond donors (Lipinski definition) is 1. The van der Waals surface area contributed by atoms with Crippen LogP contribution in [-0.4, -0.2) is 30.6 Å². The number of carbonyl (C=O) groups is 1. The zero-order valence-corrected chi connectivity index (χ0v) is 15.1. The van der Waals surface area contributed by atoms with Gasteiger partial charge in [-0.15, -0.1) is 0 Å². The number of halogens is 1. The molecular formula is C20H15FN6O2. The number of carbonyl (C=O) groups excluding carboxylic acids is 1. The van der Waals surface area contributed by atoms with Crippen molar-refractivity contribution >= 4 is 11.6 Å². The Balaban J connectivity index is 1.43. The van der Waals surface area contributed by atoms with Gasteiger partial charge < -0.3 is 9.84 Å². The number of imidazole rings is 1. The molecule has 3 heterocycles. The molecule has 0 unspecified atom stereocenters. The molecule has 29 heavy (non-hydrogen) atoms. The number of pyridine rings is 1. The molecule has 0 bridgehead atoms. The van der Waals surface area contributed by atoms with Crippen LogP contribution in [0.3, 0.4) is 0 Å². The number of nitrogens with one attached hydrogen (secondary N) is 1. The minimum absolute atomic E-state index is 0.0871. The highest BCUT2D eigenvalue weighted by Crippen LogP contribution is 2.39. The Morgan fingerprint density at radius 1 is 1.17 bits per heavy atom. The van der Waals surface area contributed by atoms with Crippen molar-refractivity contribution in [3.05, 3.63) is 72.5 Å². The summed E-state index contributed by atoms with van der Waals surface area (Å²) < 4.78 is 20.8. The van der Waals surface area contributed by atoms with Gasteiger partial charge in [0.05, 0.1) is 11.3 Å². The maximum Gasteiger partial charge on any atom is 0.275 e. The molecule has 5 rings (SSSR count). The van der Waals surface area contributed by atoms with E-state index >= 15 is 0 Å². The Hall–Kier alpha value is -3.88. The summed E-state index contributed by atoms with van der Waals surface area (Å²) >= 11 is 0. The molecule has 1 fully saturated rings. The first kappa shape index (κ1) is 17.2. The van der Waals surface area contributed by atoms with E-state index in [-0.39, 0.29) is 11.4 Å². The summed E-state index contributed by atoms with van der Waals surface area (Å²) in [6.07, 6.45) is 6.73. The molecular weight excluding hydrogens is 375 g/mol. The summed E-state index contributed by atoms with van der Waals surface area (Å²) in [6, 6.07) is 9.52. The molecule has 1 aliphatic carbocycles. The van der Waals surface area contributed by atoms with Crippen molar-refractivity contribution in [2.45, 2.75) is 18.8 Å². The van der Waals surface area contributed by atoms with E-state index in [1.165, 1.54) is 24.7 Å². The molecule has 3 aromatic heterocycles. The minimum Gasteiger partial charge on any atom is -0.334 e. The van der Waals surface area contributed by atoms with E-state index in [1.54, 1.807) is 29.0 Å². The fraction of sp³-hybridized carbons (Fsp3) is 0.150. The third-order valence-electron chi connectivity index (χ3n) is 4.58. The number of aromatic nitrogens is 5. The van der Waals surface area contributed by atoms with Gasteiger partial charge in [-0.1, -0.05) is 17.3 Å². The molecule has 1 saturated carbocycles. The third-order valence-corrected chi connectivity index (χ3v) is 4.58. The van der Waals surface area contributed by atoms with Gasteiger partial charge in [0, 0.05) is 18.3 Å². The molecule has 4 aromatic rings. The smallest absolute Gasteiger partial charge is 0.275 e. The van der Waals surface area contributed by atoms with Gasteiger partial charge in [0.2, 0.25) is 0 Å². The van der Waals surface area contributed by atoms with Crippen molar-refractivity contribution in [3.63, 3.8) is 0 Å². The van der Waals surface area contributed by atoms with Crippen molar-refractivity contribution in [2.75, 3.05) is 5.32 Å². The van der Waals surface area contributed by atoms with Crippen LogP contribution in [0.2, 0.25) is 0 Å². The number of amides is 1. The monoisotopic (exact) mass is 390 g/mol. The molecule has 0 atom stereocenters. The molecule has 0 aliphatic heterocycles. The van der Waals surface area contributed by atoms with Gasteiger partial charge in [0.1, 0.15) is 17.8 Å². The predicted octanol–water partition coefficient (Wildman–Crippen LogP) is 3.59. The number of rotatable bonds is 5. The second-order valence-electron chi connectivity index (χ2n) is 6.71. The second-order valence-corrected chi connectivity index (χ2v) is 6.71. The Morgan fingerprint density at radius 3 is 2.86 bits per heavy atom. The first-order valence-corrected chi connectivity index (χ1v) is 9.08. The summed E-state index contributed by atoms with van der Waals surface area (Å²) in [5.74, 6) is 0.882. The third kappa shape index (κ3) is 3.38. The zero-order chi connectivity index (χ0) is 19.8. The molecule has 1 N–H and O–H groups in total. The molecule has 0 radical (unpaired) electrons. The largest absolute Gasteiger partial charge is 0.334 e. The van der Waals surface area contributed by atoms with Gasteiger partial charge in [0.25, 0.3) is 11.8 Å². The molecule has 0 spiro atoms. The topological polar surface area (TPSA) is 98.7 Å². The lowest BCUT2D eigenvalue weighted by molar-refractivity contribution is 0.102. The Morgan fingerprint density at radius 2 is 2.03 bits per heavy atom. The lowest BCUT2D eigenvalue weighted by atomic mass is 10.2. The lowest BCUT2D eigenvalue weighted by Gasteiger charge is -2.05. The fourth-order valence-electron chi connectivity index (χ4n) is 2.93. The Bertz CT molecular complexity index is 1200. The number of hydrogen-bond acceptors (Lipinski definition) is 6. The maximum absolute atomic E-state index is 13.8. The zero-order valence-electron chi connectivity index (χ0n) is 15.1. The van der Waals surface area contributed by atoms with Gasteiger partial charge in [-0.25, -0.2) is 14.4 Å². The van der Waals surface area contributed by atoms with E-state index in [0.29, 0.717) is 29.0 Å². The van der Waals surface area contributed by atoms with Crippen LogP contribution in [0.4, 0.5) is 10.1 Å². The van der Waals surface area contributed by atoms with E-state index in [9.17, 15) is 9.18 Å². The highest BCUT2D eigenvalue weighted by molar-refractivity contribution is 6.02. The van der Waals surface area contributed by atoms with E-state index in [0.717, 1.165) is 12.8 Å². The van der Waals surface area contributed by atoms with Crippen molar-refractivity contribution in [2.24, 2.45) is 0 Å². The molecule has 1 aromatic carbocycles. The summed E-state index contributed by atoms with van der Waals surface area (Å²) in [7, 11) is 0. The quantitative estimate of drug-likeness (QED) is 0.559. The number of nitrogens with zero attached hydrogens (tertiary/aromatic N) is 5. The van der Waals surface area contributed by atoms with Gasteiger partial charge in [-0.2, -0.15) is 4.98 Å². The van der Waals surface area contributed by atoms with Gasteiger partial charge in [0.15, 0.2) is 11.6 Å². The van der Waals surface area contributed by atoms with E-state index in [4.69, 9.17) is 4.52 Å². The molecule has 1 aliphatic rings. The van der Waals surface area contributed by atoms with Crippen LogP contribution < -0.4 is 5.32 Å². The summed E-state index contributed by atoms with van der Waals surface area (Å²) in [4.78, 5) is 25.4. The van der Waals surface area contributed by atoms with Crippen LogP contribution in [-0.2, 0) is 0 Å². The first-order chi connectivity index (χ1) is 14.2. The van der Waals surface area contributed by atoms with Gasteiger partial charge in [-0.3, -0.25) is 9.36 Å². The molecule has 0 saturated heterocycles. The number of para-hydroxylation sites is 1. The van der Waals surface area contributed by atoms with Crippen molar-refractivity contribution in [1.29, 1.82) is 0 Å². The van der Waals surface area contributed by atoms with Gasteiger partial charge >= 0.3 is 0 Å². The highest BCUT2D eigenvalue weighted by Gasteiger charge is 2.29. The number of anilines is 1. The van der Waals surface area contributed by atoms with Crippen LogP contribution >= 0.6 is 0 Å². The van der Waals surface area contributed by atoms with Crippen molar-refractivity contribution < 1.29 is 13.7 Å². The van der Waals surface area contributed by atoms with Crippen molar-refractivity contribution in [3.8, 4) is 17.3 Å². The van der Waals surface area contributed by atoms with Gasteiger partial charge in [-0.05, 0) is 37.1 Å². The standard InChI is InChI=1S/C20H15FN6O2/c21-14-5-1-2-6-15(14)24-19(28)16-10-27(11-23-16)18-13(4-3-9-22-18)20-25-17(26-29-20)12-7-8-12/h1-6,9-12H,7-8H2,(H,24,28). The summed E-state index contributed by atoms with van der Waals surface area (Å²) in [5.41, 5.74) is 0.837. The molecule has 8 nitrogen and oxygen atoms in total. The van der Waals surface area contributed by atoms with Crippen molar-refractivity contribution in [1.82, 2.24) is 24.7 Å². The summed E-state index contributed by atoms with van der Waals surface area (Å²) in [5, 5.41) is 6.55. The lowest BCUT2D eigenvalue weighted by Crippen LogP contribution is -2.13. The Kier molecular flexibility index (Phi) is 4.12. The van der Waals surface area contributed by atoms with Crippen LogP contribution in [0.25, 0.3) is 17.3 Å². The maximum atomic E-state index is 13.8.